The van der Waals surface area contributed by atoms with Crippen LogP contribution in [-0.2, 0) is 0 Å². The van der Waals surface area contributed by atoms with Crippen LogP contribution in [0.25, 0.3) is 0 Å². The van der Waals surface area contributed by atoms with Crippen molar-refractivity contribution in [2.75, 3.05) is 26.3 Å². The van der Waals surface area contributed by atoms with E-state index in [1.165, 1.54) is 13.0 Å². The van der Waals surface area contributed by atoms with Crippen LogP contribution in [0.4, 0.5) is 0 Å². The van der Waals surface area contributed by atoms with Crippen LogP contribution in [0.5, 0.6) is 0 Å². The van der Waals surface area contributed by atoms with E-state index in [0.717, 1.165) is 19.8 Å². The summed E-state index contributed by atoms with van der Waals surface area (Å²) in [4.78, 5) is 2.44. The van der Waals surface area contributed by atoms with Gasteiger partial charge in [0, 0.05) is 26.3 Å². The van der Waals surface area contributed by atoms with Crippen LogP contribution in [0.1, 0.15) is 20.3 Å². The van der Waals surface area contributed by atoms with Crippen molar-refractivity contribution in [3.05, 3.63) is 11.6 Å². The summed E-state index contributed by atoms with van der Waals surface area (Å²) >= 11 is 0. The molecule has 1 N–H and O–H groups in total. The molecule has 2 nitrogen and oxygen atoms in total. The number of nitrogens with one attached hydrogen (secondary N) is 1. The van der Waals surface area contributed by atoms with Crippen molar-refractivity contribution in [2.24, 2.45) is 0 Å². The van der Waals surface area contributed by atoms with Gasteiger partial charge in [0.25, 0.3) is 0 Å². The third-order valence-corrected chi connectivity index (χ3v) is 2.23. The average Bonchev–Trinajstić information content (AvgIpc) is 2.52. The van der Waals surface area contributed by atoms with E-state index in [9.17, 15) is 0 Å². The number of rotatable bonds is 3. The summed E-state index contributed by atoms with van der Waals surface area (Å²) < 4.78 is 0. The third-order valence-electron chi connectivity index (χ3n) is 2.23. The van der Waals surface area contributed by atoms with Gasteiger partial charge in [0.2, 0.25) is 0 Å². The third kappa shape index (κ3) is 2.64. The van der Waals surface area contributed by atoms with Crippen LogP contribution in [0.3, 0.4) is 0 Å². The fourth-order valence-electron chi connectivity index (χ4n) is 1.38. The van der Waals surface area contributed by atoms with Crippen molar-refractivity contribution in [2.45, 2.75) is 20.3 Å². The maximum Gasteiger partial charge on any atom is 0.0484 e. The average molecular weight is 154 g/mol. The summed E-state index contributed by atoms with van der Waals surface area (Å²) in [5, 5.41) is 3.32. The Bertz CT molecular complexity index is 134. The molecular weight excluding hydrogens is 136 g/mol. The molecule has 1 fully saturated rings. The topological polar surface area (TPSA) is 15.3 Å². The standard InChI is InChI=1S/C9H18N2/c1-3-9(4-2)7-11-6-5-10-8-11/h3,10H,4-8H2,1-2H3/b9-3+. The van der Waals surface area contributed by atoms with E-state index in [1.54, 1.807) is 5.57 Å². The lowest BCUT2D eigenvalue weighted by molar-refractivity contribution is 0.361. The maximum atomic E-state index is 3.32. The van der Waals surface area contributed by atoms with Crippen LogP contribution in [0.15, 0.2) is 11.6 Å². The number of hydrogen-bond acceptors (Lipinski definition) is 2. The number of nitrogens with zero attached hydrogens (tertiary/aromatic N) is 1. The van der Waals surface area contributed by atoms with Crippen molar-refractivity contribution in [3.63, 3.8) is 0 Å². The lowest BCUT2D eigenvalue weighted by Crippen LogP contribution is -2.24. The van der Waals surface area contributed by atoms with Gasteiger partial charge < -0.3 is 5.32 Å². The second-order valence-corrected chi connectivity index (χ2v) is 3.01. The smallest absolute Gasteiger partial charge is 0.0484 e. The van der Waals surface area contributed by atoms with Gasteiger partial charge in [0.1, 0.15) is 0 Å². The van der Waals surface area contributed by atoms with E-state index in [0.29, 0.717) is 0 Å². The molecule has 0 aliphatic carbocycles. The highest BCUT2D eigenvalue weighted by molar-refractivity contribution is 5.02. The first-order valence-electron chi connectivity index (χ1n) is 4.44. The van der Waals surface area contributed by atoms with Crippen LogP contribution in [-0.4, -0.2) is 31.2 Å². The Kier molecular flexibility index (Phi) is 3.60. The van der Waals surface area contributed by atoms with Gasteiger partial charge >= 0.3 is 0 Å². The molecule has 0 aromatic heterocycles. The molecule has 0 atom stereocenters. The molecule has 1 saturated heterocycles. The van der Waals surface area contributed by atoms with Crippen molar-refractivity contribution in [3.8, 4) is 0 Å². The van der Waals surface area contributed by atoms with Crippen LogP contribution in [0, 0.1) is 0 Å². The van der Waals surface area contributed by atoms with E-state index in [-0.39, 0.29) is 0 Å². The first-order valence-corrected chi connectivity index (χ1v) is 4.44. The first-order chi connectivity index (χ1) is 5.36. The Labute approximate surface area is 69.3 Å². The molecule has 1 rings (SSSR count). The largest absolute Gasteiger partial charge is 0.303 e. The Hall–Kier alpha value is -0.340. The van der Waals surface area contributed by atoms with Gasteiger partial charge in [0.05, 0.1) is 0 Å². The highest BCUT2D eigenvalue weighted by Gasteiger charge is 2.10. The van der Waals surface area contributed by atoms with Gasteiger partial charge in [-0.15, -0.1) is 0 Å². The molecule has 0 spiro atoms. The summed E-state index contributed by atoms with van der Waals surface area (Å²) in [7, 11) is 0. The van der Waals surface area contributed by atoms with E-state index < -0.39 is 0 Å². The quantitative estimate of drug-likeness (QED) is 0.615. The van der Waals surface area contributed by atoms with Gasteiger partial charge in [-0.1, -0.05) is 18.6 Å². The van der Waals surface area contributed by atoms with Crippen molar-refractivity contribution in [1.29, 1.82) is 0 Å². The van der Waals surface area contributed by atoms with Crippen molar-refractivity contribution >= 4 is 0 Å². The SMILES string of the molecule is C/C=C(\CC)CN1CCNC1. The minimum Gasteiger partial charge on any atom is -0.303 e. The van der Waals surface area contributed by atoms with Crippen molar-refractivity contribution in [1.82, 2.24) is 10.2 Å². The molecule has 11 heavy (non-hydrogen) atoms. The zero-order valence-electron chi connectivity index (χ0n) is 7.56. The molecule has 0 saturated carbocycles. The number of allylic oxidation sites excluding steroid dienone is 1. The summed E-state index contributed by atoms with van der Waals surface area (Å²) in [5.41, 5.74) is 1.55. The first kappa shape index (κ1) is 8.75. The minimum atomic E-state index is 1.07. The summed E-state index contributed by atoms with van der Waals surface area (Å²) in [6, 6.07) is 0. The fraction of sp³-hybridized carbons (Fsp3) is 0.778. The van der Waals surface area contributed by atoms with E-state index >= 15 is 0 Å². The van der Waals surface area contributed by atoms with Gasteiger partial charge in [-0.25, -0.2) is 0 Å². The number of hydrogen-bond donors (Lipinski definition) is 1. The van der Waals surface area contributed by atoms with Crippen LogP contribution < -0.4 is 5.32 Å². The molecule has 1 aliphatic heterocycles. The molecule has 0 unspecified atom stereocenters. The Morgan fingerprint density at radius 1 is 1.64 bits per heavy atom. The summed E-state index contributed by atoms with van der Waals surface area (Å²) in [6.45, 7) is 8.93. The second-order valence-electron chi connectivity index (χ2n) is 3.01. The monoisotopic (exact) mass is 154 g/mol. The predicted molar refractivity (Wildman–Crippen MR) is 48.5 cm³/mol. The van der Waals surface area contributed by atoms with Crippen molar-refractivity contribution < 1.29 is 0 Å². The fourth-order valence-corrected chi connectivity index (χ4v) is 1.38. The molecule has 0 amide bonds. The molecule has 1 heterocycles. The Balaban J connectivity index is 2.27. The molecule has 0 aromatic rings. The van der Waals surface area contributed by atoms with E-state index in [4.69, 9.17) is 0 Å². The second kappa shape index (κ2) is 4.52. The lowest BCUT2D eigenvalue weighted by Gasteiger charge is -2.14. The maximum absolute atomic E-state index is 3.32. The minimum absolute atomic E-state index is 1.07. The van der Waals surface area contributed by atoms with E-state index in [2.05, 4.69) is 30.1 Å². The van der Waals surface area contributed by atoms with Crippen LogP contribution in [0.2, 0.25) is 0 Å². The van der Waals surface area contributed by atoms with Gasteiger partial charge in [-0.3, -0.25) is 4.90 Å². The van der Waals surface area contributed by atoms with E-state index in [1.807, 2.05) is 0 Å². The van der Waals surface area contributed by atoms with Gasteiger partial charge in [-0.05, 0) is 13.3 Å². The molecule has 0 radical (unpaired) electrons. The van der Waals surface area contributed by atoms with Crippen LogP contribution >= 0.6 is 0 Å². The molecule has 1 aliphatic rings. The zero-order valence-corrected chi connectivity index (χ0v) is 7.56. The summed E-state index contributed by atoms with van der Waals surface area (Å²) in [6.07, 6.45) is 3.42. The van der Waals surface area contributed by atoms with Gasteiger partial charge in [0.15, 0.2) is 0 Å². The molecule has 64 valence electrons. The molecule has 2 heteroatoms. The molecular formula is C9H18N2. The molecule has 0 bridgehead atoms. The summed E-state index contributed by atoms with van der Waals surface area (Å²) in [5.74, 6) is 0. The molecule has 0 aromatic carbocycles. The highest BCUT2D eigenvalue weighted by Crippen LogP contribution is 2.04. The predicted octanol–water partition coefficient (Wildman–Crippen LogP) is 1.21. The van der Waals surface area contributed by atoms with Gasteiger partial charge in [-0.2, -0.15) is 0 Å². The lowest BCUT2D eigenvalue weighted by atomic mass is 10.2. The normalized spacial score (nSPS) is 21.1. The Morgan fingerprint density at radius 2 is 2.45 bits per heavy atom. The highest BCUT2D eigenvalue weighted by atomic mass is 15.3. The Morgan fingerprint density at radius 3 is 2.91 bits per heavy atom. The zero-order chi connectivity index (χ0) is 8.10.